The molecule has 0 radical (unpaired) electrons. The van der Waals surface area contributed by atoms with E-state index in [1.165, 1.54) is 14.2 Å². The van der Waals surface area contributed by atoms with Gasteiger partial charge in [-0.2, -0.15) is 0 Å². The number of benzene rings is 2. The number of amides is 2. The molecule has 0 aliphatic heterocycles. The Balaban J connectivity index is 2.04. The van der Waals surface area contributed by atoms with Crippen LogP contribution in [0.3, 0.4) is 0 Å². The van der Waals surface area contributed by atoms with Crippen LogP contribution in [0.1, 0.15) is 20.7 Å². The van der Waals surface area contributed by atoms with Crippen molar-refractivity contribution in [3.8, 4) is 5.75 Å². The lowest BCUT2D eigenvalue weighted by molar-refractivity contribution is -0.139. The monoisotopic (exact) mass is 420 g/mol. The van der Waals surface area contributed by atoms with Gasteiger partial charge in [-0.05, 0) is 58.4 Å². The van der Waals surface area contributed by atoms with Crippen molar-refractivity contribution in [2.75, 3.05) is 26.1 Å². The number of halogens is 1. The number of hydrogen-bond donors (Lipinski definition) is 2. The summed E-state index contributed by atoms with van der Waals surface area (Å²) in [7, 11) is 2.77. The highest BCUT2D eigenvalue weighted by Gasteiger charge is 2.13. The van der Waals surface area contributed by atoms with Gasteiger partial charge >= 0.3 is 5.97 Å². The predicted molar refractivity (Wildman–Crippen MR) is 99.4 cm³/mol. The van der Waals surface area contributed by atoms with Crippen LogP contribution in [-0.2, 0) is 9.53 Å². The number of nitrogens with one attached hydrogen (secondary N) is 2. The summed E-state index contributed by atoms with van der Waals surface area (Å²) in [6.45, 7) is -0.211. The smallest absolute Gasteiger partial charge is 0.325 e. The summed E-state index contributed by atoms with van der Waals surface area (Å²) in [4.78, 5) is 35.3. The number of methoxy groups -OCH3 is 2. The Bertz CT molecular complexity index is 821. The third-order valence-corrected chi connectivity index (χ3v) is 4.14. The van der Waals surface area contributed by atoms with Crippen LogP contribution in [-0.4, -0.2) is 38.5 Å². The molecule has 0 fully saturated rings. The van der Waals surface area contributed by atoms with Crippen molar-refractivity contribution in [1.29, 1.82) is 0 Å². The molecule has 0 aliphatic carbocycles. The van der Waals surface area contributed by atoms with E-state index in [9.17, 15) is 14.4 Å². The van der Waals surface area contributed by atoms with E-state index in [0.29, 0.717) is 27.0 Å². The molecule has 0 bridgehead atoms. The standard InChI is InChI=1S/C18H17BrN2O5/c1-25-13-7-8-15(19)14(9-13)18(24)21-12-5-3-11(4-6-12)17(23)20-10-16(22)26-2/h3-9H,10H2,1-2H3,(H,20,23)(H,21,24). The van der Waals surface area contributed by atoms with Gasteiger partial charge in [0.05, 0.1) is 19.8 Å². The van der Waals surface area contributed by atoms with Crippen LogP contribution >= 0.6 is 15.9 Å². The Kier molecular flexibility index (Phi) is 6.74. The van der Waals surface area contributed by atoms with Crippen molar-refractivity contribution in [2.24, 2.45) is 0 Å². The molecule has 26 heavy (non-hydrogen) atoms. The number of ether oxygens (including phenoxy) is 2. The molecule has 2 amide bonds. The van der Waals surface area contributed by atoms with Gasteiger partial charge in [0.15, 0.2) is 0 Å². The second kappa shape index (κ2) is 9.00. The summed E-state index contributed by atoms with van der Waals surface area (Å²) in [5.41, 5.74) is 1.30. The van der Waals surface area contributed by atoms with Gasteiger partial charge in [0.2, 0.25) is 0 Å². The van der Waals surface area contributed by atoms with Gasteiger partial charge in [-0.1, -0.05) is 0 Å². The van der Waals surface area contributed by atoms with E-state index >= 15 is 0 Å². The zero-order valence-electron chi connectivity index (χ0n) is 14.2. The summed E-state index contributed by atoms with van der Waals surface area (Å²) < 4.78 is 10.2. The van der Waals surface area contributed by atoms with Crippen molar-refractivity contribution >= 4 is 39.4 Å². The maximum atomic E-state index is 12.4. The third kappa shape index (κ3) is 5.06. The fourth-order valence-corrected chi connectivity index (χ4v) is 2.46. The Morgan fingerprint density at radius 2 is 1.69 bits per heavy atom. The predicted octanol–water partition coefficient (Wildman–Crippen LogP) is 2.61. The van der Waals surface area contributed by atoms with Crippen LogP contribution in [0.2, 0.25) is 0 Å². The van der Waals surface area contributed by atoms with E-state index < -0.39 is 11.9 Å². The van der Waals surface area contributed by atoms with E-state index in [1.54, 1.807) is 42.5 Å². The maximum Gasteiger partial charge on any atom is 0.325 e. The van der Waals surface area contributed by atoms with Gasteiger partial charge in [-0.3, -0.25) is 14.4 Å². The van der Waals surface area contributed by atoms with Gasteiger partial charge in [0.1, 0.15) is 12.3 Å². The first kappa shape index (κ1) is 19.5. The highest BCUT2D eigenvalue weighted by Crippen LogP contribution is 2.23. The number of rotatable bonds is 6. The van der Waals surface area contributed by atoms with Crippen molar-refractivity contribution in [1.82, 2.24) is 5.32 Å². The summed E-state index contributed by atoms with van der Waals surface area (Å²) in [5.74, 6) is -0.704. The van der Waals surface area contributed by atoms with Crippen LogP contribution < -0.4 is 15.4 Å². The molecule has 0 heterocycles. The first-order valence-corrected chi connectivity index (χ1v) is 8.34. The summed E-state index contributed by atoms with van der Waals surface area (Å²) in [6.07, 6.45) is 0. The topological polar surface area (TPSA) is 93.7 Å². The minimum atomic E-state index is -0.536. The molecule has 0 unspecified atom stereocenters. The van der Waals surface area contributed by atoms with E-state index in [2.05, 4.69) is 31.3 Å². The number of esters is 1. The molecule has 0 saturated heterocycles. The van der Waals surface area contributed by atoms with Gasteiger partial charge in [-0.25, -0.2) is 0 Å². The van der Waals surface area contributed by atoms with E-state index in [4.69, 9.17) is 4.74 Å². The first-order valence-electron chi connectivity index (χ1n) is 7.54. The molecule has 0 aromatic heterocycles. The first-order chi connectivity index (χ1) is 12.4. The summed E-state index contributed by atoms with van der Waals surface area (Å²) in [6, 6.07) is 11.4. The van der Waals surface area contributed by atoms with Gasteiger partial charge < -0.3 is 20.1 Å². The molecular weight excluding hydrogens is 404 g/mol. The second-order valence-electron chi connectivity index (χ2n) is 5.14. The van der Waals surface area contributed by atoms with E-state index in [1.807, 2.05) is 0 Å². The van der Waals surface area contributed by atoms with Crippen LogP contribution in [0.5, 0.6) is 5.75 Å². The fraction of sp³-hybridized carbons (Fsp3) is 0.167. The molecule has 2 N–H and O–H groups in total. The number of hydrogen-bond acceptors (Lipinski definition) is 5. The fourth-order valence-electron chi connectivity index (χ4n) is 2.04. The minimum Gasteiger partial charge on any atom is -0.497 e. The lowest BCUT2D eigenvalue weighted by atomic mass is 10.1. The Morgan fingerprint density at radius 1 is 1.00 bits per heavy atom. The summed E-state index contributed by atoms with van der Waals surface area (Å²) in [5, 5.41) is 5.18. The molecule has 0 saturated carbocycles. The van der Waals surface area contributed by atoms with Crippen LogP contribution in [0.4, 0.5) is 5.69 Å². The van der Waals surface area contributed by atoms with Crippen LogP contribution in [0, 0.1) is 0 Å². The maximum absolute atomic E-state index is 12.4. The quantitative estimate of drug-likeness (QED) is 0.700. The number of carbonyl (C=O) groups is 3. The molecular formula is C18H17BrN2O5. The highest BCUT2D eigenvalue weighted by molar-refractivity contribution is 9.10. The van der Waals surface area contributed by atoms with Gasteiger partial charge in [-0.15, -0.1) is 0 Å². The van der Waals surface area contributed by atoms with E-state index in [-0.39, 0.29) is 12.5 Å². The van der Waals surface area contributed by atoms with Crippen molar-refractivity contribution in [3.63, 3.8) is 0 Å². The van der Waals surface area contributed by atoms with Crippen molar-refractivity contribution < 1.29 is 23.9 Å². The second-order valence-corrected chi connectivity index (χ2v) is 5.99. The number of carbonyl (C=O) groups excluding carboxylic acids is 3. The van der Waals surface area contributed by atoms with E-state index in [0.717, 1.165) is 0 Å². The minimum absolute atomic E-state index is 0.211. The van der Waals surface area contributed by atoms with Crippen molar-refractivity contribution in [3.05, 3.63) is 58.1 Å². The Labute approximate surface area is 158 Å². The molecule has 0 atom stereocenters. The molecule has 2 aromatic rings. The lowest BCUT2D eigenvalue weighted by Gasteiger charge is -2.09. The molecule has 2 rings (SSSR count). The molecule has 8 heteroatoms. The van der Waals surface area contributed by atoms with Gasteiger partial charge in [0, 0.05) is 15.7 Å². The largest absolute Gasteiger partial charge is 0.497 e. The zero-order chi connectivity index (χ0) is 19.1. The third-order valence-electron chi connectivity index (χ3n) is 3.44. The van der Waals surface area contributed by atoms with Crippen LogP contribution in [0.25, 0.3) is 0 Å². The van der Waals surface area contributed by atoms with Gasteiger partial charge in [0.25, 0.3) is 11.8 Å². The molecule has 0 spiro atoms. The average Bonchev–Trinajstić information content (AvgIpc) is 2.66. The average molecular weight is 421 g/mol. The highest BCUT2D eigenvalue weighted by atomic mass is 79.9. The van der Waals surface area contributed by atoms with Crippen LogP contribution in [0.15, 0.2) is 46.9 Å². The lowest BCUT2D eigenvalue weighted by Crippen LogP contribution is -2.30. The zero-order valence-corrected chi connectivity index (χ0v) is 15.8. The molecule has 7 nitrogen and oxygen atoms in total. The molecule has 0 aliphatic rings. The Hall–Kier alpha value is -2.87. The number of anilines is 1. The Morgan fingerprint density at radius 3 is 2.31 bits per heavy atom. The summed E-state index contributed by atoms with van der Waals surface area (Å²) >= 11 is 3.33. The SMILES string of the molecule is COC(=O)CNC(=O)c1ccc(NC(=O)c2cc(OC)ccc2Br)cc1. The van der Waals surface area contributed by atoms with Crippen molar-refractivity contribution in [2.45, 2.75) is 0 Å². The normalized spacial score (nSPS) is 9.96. The molecule has 2 aromatic carbocycles. The molecule has 136 valence electrons.